The Balaban J connectivity index is 1.86. The highest BCUT2D eigenvalue weighted by Crippen LogP contribution is 2.30. The molecule has 0 aliphatic heterocycles. The maximum atomic E-state index is 6.27. The molecule has 0 spiro atoms. The molecule has 2 aromatic carbocycles. The van der Waals surface area contributed by atoms with Crippen molar-refractivity contribution in [3.8, 4) is 0 Å². The summed E-state index contributed by atoms with van der Waals surface area (Å²) in [4.78, 5) is 2.17. The first-order chi connectivity index (χ1) is 10.7. The summed E-state index contributed by atoms with van der Waals surface area (Å²) >= 11 is 0. The van der Waals surface area contributed by atoms with E-state index in [-0.39, 0.29) is 6.10 Å². The van der Waals surface area contributed by atoms with Crippen LogP contribution in [-0.4, -0.2) is 32.1 Å². The van der Waals surface area contributed by atoms with Crippen molar-refractivity contribution in [3.05, 3.63) is 70.8 Å². The lowest BCUT2D eigenvalue weighted by molar-refractivity contribution is 0.0426. The second kappa shape index (κ2) is 7.08. The Morgan fingerprint density at radius 3 is 2.32 bits per heavy atom. The van der Waals surface area contributed by atoms with Crippen LogP contribution in [0.2, 0.25) is 0 Å². The Hall–Kier alpha value is -1.64. The summed E-state index contributed by atoms with van der Waals surface area (Å²) in [6.07, 6.45) is 3.36. The fourth-order valence-corrected chi connectivity index (χ4v) is 3.18. The highest BCUT2D eigenvalue weighted by atomic mass is 16.5. The van der Waals surface area contributed by atoms with E-state index in [0.717, 1.165) is 32.4 Å². The maximum Gasteiger partial charge on any atom is 0.0868 e. The van der Waals surface area contributed by atoms with Crippen LogP contribution in [-0.2, 0) is 24.0 Å². The second-order valence-electron chi connectivity index (χ2n) is 6.33. The zero-order valence-electron chi connectivity index (χ0n) is 13.6. The topological polar surface area (TPSA) is 12.5 Å². The van der Waals surface area contributed by atoms with E-state index in [1.54, 1.807) is 0 Å². The lowest BCUT2D eigenvalue weighted by atomic mass is 9.87. The Morgan fingerprint density at radius 1 is 0.909 bits per heavy atom. The summed E-state index contributed by atoms with van der Waals surface area (Å²) in [6.45, 7) is 1.73. The molecule has 22 heavy (non-hydrogen) atoms. The minimum Gasteiger partial charge on any atom is -0.372 e. The minimum absolute atomic E-state index is 0.164. The van der Waals surface area contributed by atoms with E-state index < -0.39 is 0 Å². The number of ether oxygens (including phenoxy) is 1. The predicted octanol–water partition coefficient (Wildman–Crippen LogP) is 3.65. The number of hydrogen-bond donors (Lipinski definition) is 0. The Bertz CT molecular complexity index is 621. The summed E-state index contributed by atoms with van der Waals surface area (Å²) in [7, 11) is 4.18. The normalized spacial score (nSPS) is 17.5. The molecule has 1 aliphatic rings. The van der Waals surface area contributed by atoms with Crippen molar-refractivity contribution in [1.29, 1.82) is 0 Å². The lowest BCUT2D eigenvalue weighted by Gasteiger charge is -2.26. The van der Waals surface area contributed by atoms with Crippen molar-refractivity contribution in [2.45, 2.75) is 25.4 Å². The van der Waals surface area contributed by atoms with E-state index in [9.17, 15) is 0 Å². The predicted molar refractivity (Wildman–Crippen MR) is 91.2 cm³/mol. The molecule has 0 N–H and O–H groups in total. The quantitative estimate of drug-likeness (QED) is 0.854. The monoisotopic (exact) mass is 295 g/mol. The first-order valence-corrected chi connectivity index (χ1v) is 8.15. The van der Waals surface area contributed by atoms with E-state index in [2.05, 4.69) is 67.5 Å². The van der Waals surface area contributed by atoms with Gasteiger partial charge in [-0.3, -0.25) is 0 Å². The minimum atomic E-state index is 0.164. The van der Waals surface area contributed by atoms with Crippen molar-refractivity contribution < 1.29 is 4.74 Å². The van der Waals surface area contributed by atoms with E-state index in [1.807, 2.05) is 0 Å². The highest BCUT2D eigenvalue weighted by molar-refractivity contribution is 5.37. The number of fused-ring (bicyclic) bond motifs is 2. The van der Waals surface area contributed by atoms with Gasteiger partial charge < -0.3 is 9.64 Å². The molecule has 0 aromatic heterocycles. The Labute approximate surface area is 133 Å². The van der Waals surface area contributed by atoms with Crippen LogP contribution >= 0.6 is 0 Å². The Morgan fingerprint density at radius 2 is 1.55 bits per heavy atom. The molecule has 1 aliphatic carbocycles. The molecule has 0 saturated carbocycles. The molecule has 0 amide bonds. The number of hydrogen-bond acceptors (Lipinski definition) is 2. The van der Waals surface area contributed by atoms with Crippen LogP contribution in [0.1, 0.15) is 28.4 Å². The summed E-state index contributed by atoms with van der Waals surface area (Å²) in [5.74, 6) is 0. The second-order valence-corrected chi connectivity index (χ2v) is 6.33. The molecule has 116 valence electrons. The van der Waals surface area contributed by atoms with Gasteiger partial charge in [-0.1, -0.05) is 48.5 Å². The number of benzene rings is 2. The average Bonchev–Trinajstić information content (AvgIpc) is 2.51. The molecular weight excluding hydrogens is 270 g/mol. The Kier molecular flexibility index (Phi) is 4.91. The molecule has 0 bridgehead atoms. The molecule has 0 radical (unpaired) electrons. The van der Waals surface area contributed by atoms with Gasteiger partial charge in [-0.15, -0.1) is 0 Å². The van der Waals surface area contributed by atoms with Crippen molar-refractivity contribution in [2.75, 3.05) is 27.2 Å². The van der Waals surface area contributed by atoms with Crippen LogP contribution in [0, 0.1) is 0 Å². The van der Waals surface area contributed by atoms with Gasteiger partial charge in [-0.05, 0) is 49.2 Å². The maximum absolute atomic E-state index is 6.27. The molecule has 0 heterocycles. The molecule has 2 aromatic rings. The third-order valence-electron chi connectivity index (χ3n) is 4.45. The van der Waals surface area contributed by atoms with E-state index >= 15 is 0 Å². The van der Waals surface area contributed by atoms with Gasteiger partial charge in [-0.2, -0.15) is 0 Å². The van der Waals surface area contributed by atoms with Crippen molar-refractivity contribution in [1.82, 2.24) is 4.90 Å². The number of aryl methyl sites for hydroxylation is 2. The summed E-state index contributed by atoms with van der Waals surface area (Å²) in [6, 6.07) is 17.6. The average molecular weight is 295 g/mol. The molecule has 3 rings (SSSR count). The van der Waals surface area contributed by atoms with Gasteiger partial charge in [0.2, 0.25) is 0 Å². The first-order valence-electron chi connectivity index (χ1n) is 8.15. The fourth-order valence-electron chi connectivity index (χ4n) is 3.18. The summed E-state index contributed by atoms with van der Waals surface area (Å²) in [5, 5.41) is 0. The molecule has 2 heteroatoms. The standard InChI is InChI=1S/C20H25NO/c1-21(2)13-14-22-20-15-18-9-4-3-7-16(18)11-12-17-8-5-6-10-19(17)20/h3-10,20H,11-15H2,1-2H3. The number of likely N-dealkylation sites (N-methyl/N-ethyl adjacent to an activating group) is 1. The molecule has 1 unspecified atom stereocenters. The third kappa shape index (κ3) is 3.57. The zero-order valence-corrected chi connectivity index (χ0v) is 13.6. The summed E-state index contributed by atoms with van der Waals surface area (Å²) in [5.41, 5.74) is 5.72. The van der Waals surface area contributed by atoms with Crippen LogP contribution in [0.5, 0.6) is 0 Å². The molecule has 1 atom stereocenters. The van der Waals surface area contributed by atoms with Gasteiger partial charge in [0.1, 0.15) is 0 Å². The molecule has 0 saturated heterocycles. The van der Waals surface area contributed by atoms with E-state index in [1.165, 1.54) is 22.3 Å². The lowest BCUT2D eigenvalue weighted by Crippen LogP contribution is -2.21. The largest absolute Gasteiger partial charge is 0.372 e. The van der Waals surface area contributed by atoms with Crippen molar-refractivity contribution >= 4 is 0 Å². The van der Waals surface area contributed by atoms with Gasteiger partial charge >= 0.3 is 0 Å². The van der Waals surface area contributed by atoms with Crippen molar-refractivity contribution in [2.24, 2.45) is 0 Å². The van der Waals surface area contributed by atoms with Crippen LogP contribution < -0.4 is 0 Å². The van der Waals surface area contributed by atoms with Gasteiger partial charge in [0.15, 0.2) is 0 Å². The number of rotatable bonds is 4. The van der Waals surface area contributed by atoms with Crippen LogP contribution in [0.15, 0.2) is 48.5 Å². The van der Waals surface area contributed by atoms with Crippen LogP contribution in [0.3, 0.4) is 0 Å². The number of nitrogens with zero attached hydrogens (tertiary/aromatic N) is 1. The summed E-state index contributed by atoms with van der Waals surface area (Å²) < 4.78 is 6.27. The molecule has 2 nitrogen and oxygen atoms in total. The zero-order chi connectivity index (χ0) is 15.4. The molecular formula is C20H25NO. The molecule has 0 fully saturated rings. The fraction of sp³-hybridized carbons (Fsp3) is 0.400. The first kappa shape index (κ1) is 15.3. The SMILES string of the molecule is CN(C)CCOC1Cc2ccccc2CCc2ccccc21. The van der Waals surface area contributed by atoms with Gasteiger partial charge in [0, 0.05) is 13.0 Å². The van der Waals surface area contributed by atoms with Crippen LogP contribution in [0.25, 0.3) is 0 Å². The van der Waals surface area contributed by atoms with Crippen molar-refractivity contribution in [3.63, 3.8) is 0 Å². The van der Waals surface area contributed by atoms with Crippen LogP contribution in [0.4, 0.5) is 0 Å². The highest BCUT2D eigenvalue weighted by Gasteiger charge is 2.20. The van der Waals surface area contributed by atoms with Gasteiger partial charge in [0.05, 0.1) is 12.7 Å². The third-order valence-corrected chi connectivity index (χ3v) is 4.45. The van der Waals surface area contributed by atoms with Gasteiger partial charge in [-0.25, -0.2) is 0 Å². The smallest absolute Gasteiger partial charge is 0.0868 e. The van der Waals surface area contributed by atoms with E-state index in [0.29, 0.717) is 0 Å². The van der Waals surface area contributed by atoms with E-state index in [4.69, 9.17) is 4.74 Å². The van der Waals surface area contributed by atoms with Gasteiger partial charge in [0.25, 0.3) is 0 Å².